The maximum absolute atomic E-state index is 11.0. The topological polar surface area (TPSA) is 75.1 Å². The molecular formula is C16H21N3O2. The van der Waals surface area contributed by atoms with Crippen molar-refractivity contribution in [3.8, 4) is 0 Å². The molecule has 0 aliphatic rings. The van der Waals surface area contributed by atoms with Gasteiger partial charge in [-0.05, 0) is 30.4 Å². The number of rotatable bonds is 7. The number of nitrogens with one attached hydrogen (secondary N) is 1. The summed E-state index contributed by atoms with van der Waals surface area (Å²) in [4.78, 5) is 19.4. The summed E-state index contributed by atoms with van der Waals surface area (Å²) in [5.41, 5.74) is 0.883. The summed E-state index contributed by atoms with van der Waals surface area (Å²) in [5.74, 6) is 0.573. The number of aliphatic carboxylic acids is 1. The average Bonchev–Trinajstić information content (AvgIpc) is 2.43. The predicted octanol–water partition coefficient (Wildman–Crippen LogP) is 3.18. The first-order chi connectivity index (χ1) is 10.1. The highest BCUT2D eigenvalue weighted by atomic mass is 16.4. The minimum atomic E-state index is -0.755. The number of aromatic nitrogens is 2. The Hall–Kier alpha value is -2.17. The van der Waals surface area contributed by atoms with Gasteiger partial charge in [0.15, 0.2) is 0 Å². The van der Waals surface area contributed by atoms with Crippen molar-refractivity contribution in [3.05, 3.63) is 30.6 Å². The summed E-state index contributed by atoms with van der Waals surface area (Å²) in [5, 5.41) is 13.3. The summed E-state index contributed by atoms with van der Waals surface area (Å²) in [6.45, 7) is 4.81. The molecule has 0 radical (unpaired) electrons. The highest BCUT2D eigenvalue weighted by Gasteiger charge is 2.15. The molecule has 0 aliphatic carbocycles. The van der Waals surface area contributed by atoms with E-state index in [-0.39, 0.29) is 12.3 Å². The van der Waals surface area contributed by atoms with Crippen molar-refractivity contribution < 1.29 is 9.90 Å². The van der Waals surface area contributed by atoms with Gasteiger partial charge >= 0.3 is 5.97 Å². The van der Waals surface area contributed by atoms with Crippen LogP contribution >= 0.6 is 0 Å². The molecule has 1 atom stereocenters. The molecule has 2 aromatic rings. The number of hydrogen-bond donors (Lipinski definition) is 2. The van der Waals surface area contributed by atoms with Crippen molar-refractivity contribution in [2.45, 2.75) is 26.7 Å². The lowest BCUT2D eigenvalue weighted by molar-refractivity contribution is -0.138. The maximum Gasteiger partial charge on any atom is 0.303 e. The van der Waals surface area contributed by atoms with Crippen molar-refractivity contribution >= 4 is 22.7 Å². The molecular weight excluding hydrogens is 266 g/mol. The third-order valence-corrected chi connectivity index (χ3v) is 3.37. The van der Waals surface area contributed by atoms with Gasteiger partial charge in [0.2, 0.25) is 0 Å². The molecule has 1 aromatic carbocycles. The summed E-state index contributed by atoms with van der Waals surface area (Å²) >= 11 is 0. The van der Waals surface area contributed by atoms with E-state index in [1.54, 1.807) is 0 Å². The lowest BCUT2D eigenvalue weighted by Gasteiger charge is -2.18. The lowest BCUT2D eigenvalue weighted by Crippen LogP contribution is -2.20. The molecule has 5 heteroatoms. The molecule has 112 valence electrons. The number of fused-ring (bicyclic) bond motifs is 1. The second-order valence-corrected chi connectivity index (χ2v) is 5.71. The van der Waals surface area contributed by atoms with Gasteiger partial charge in [-0.15, -0.1) is 0 Å². The zero-order valence-corrected chi connectivity index (χ0v) is 12.4. The summed E-state index contributed by atoms with van der Waals surface area (Å²) in [6, 6.07) is 7.78. The first-order valence-electron chi connectivity index (χ1n) is 7.21. The van der Waals surface area contributed by atoms with E-state index >= 15 is 0 Å². The van der Waals surface area contributed by atoms with Crippen molar-refractivity contribution in [1.82, 2.24) is 9.97 Å². The van der Waals surface area contributed by atoms with Gasteiger partial charge < -0.3 is 10.4 Å². The minimum Gasteiger partial charge on any atom is -0.481 e. The Labute approximate surface area is 124 Å². The third kappa shape index (κ3) is 4.41. The number of carboxylic acid groups (broad SMARTS) is 1. The molecule has 0 bridgehead atoms. The van der Waals surface area contributed by atoms with Gasteiger partial charge in [-0.25, -0.2) is 9.97 Å². The molecule has 0 fully saturated rings. The molecule has 2 N–H and O–H groups in total. The van der Waals surface area contributed by atoms with Gasteiger partial charge in [0.05, 0.1) is 5.52 Å². The fourth-order valence-electron chi connectivity index (χ4n) is 2.54. The van der Waals surface area contributed by atoms with E-state index in [0.29, 0.717) is 12.5 Å². The van der Waals surface area contributed by atoms with Crippen molar-refractivity contribution in [3.63, 3.8) is 0 Å². The fourth-order valence-corrected chi connectivity index (χ4v) is 2.54. The Morgan fingerprint density at radius 1 is 1.29 bits per heavy atom. The molecule has 1 aromatic heterocycles. The Morgan fingerprint density at radius 2 is 2.05 bits per heavy atom. The van der Waals surface area contributed by atoms with Crippen LogP contribution in [0.1, 0.15) is 26.7 Å². The van der Waals surface area contributed by atoms with Gasteiger partial charge in [-0.2, -0.15) is 0 Å². The van der Waals surface area contributed by atoms with E-state index in [9.17, 15) is 4.79 Å². The Bertz CT molecular complexity index is 608. The first-order valence-corrected chi connectivity index (χ1v) is 7.21. The van der Waals surface area contributed by atoms with Crippen LogP contribution in [0.15, 0.2) is 30.6 Å². The molecule has 1 heterocycles. The quantitative estimate of drug-likeness (QED) is 0.818. The molecule has 0 spiro atoms. The van der Waals surface area contributed by atoms with E-state index in [1.165, 1.54) is 6.33 Å². The van der Waals surface area contributed by atoms with Gasteiger partial charge in [0.25, 0.3) is 0 Å². The van der Waals surface area contributed by atoms with E-state index in [1.807, 2.05) is 24.3 Å². The highest BCUT2D eigenvalue weighted by Crippen LogP contribution is 2.21. The summed E-state index contributed by atoms with van der Waals surface area (Å²) in [7, 11) is 0. The zero-order valence-electron chi connectivity index (χ0n) is 12.4. The van der Waals surface area contributed by atoms with Crippen LogP contribution in [0.3, 0.4) is 0 Å². The van der Waals surface area contributed by atoms with E-state index in [0.717, 1.165) is 23.1 Å². The molecule has 5 nitrogen and oxygen atoms in total. The van der Waals surface area contributed by atoms with E-state index < -0.39 is 5.97 Å². The minimum absolute atomic E-state index is 0.0937. The highest BCUT2D eigenvalue weighted by molar-refractivity contribution is 5.88. The monoisotopic (exact) mass is 287 g/mol. The molecule has 0 amide bonds. The van der Waals surface area contributed by atoms with E-state index in [2.05, 4.69) is 29.1 Å². The van der Waals surface area contributed by atoms with Crippen molar-refractivity contribution in [1.29, 1.82) is 0 Å². The Kier molecular flexibility index (Phi) is 5.09. The molecule has 0 aliphatic heterocycles. The lowest BCUT2D eigenvalue weighted by atomic mass is 9.94. The summed E-state index contributed by atoms with van der Waals surface area (Å²) in [6.07, 6.45) is 2.58. The average molecular weight is 287 g/mol. The smallest absolute Gasteiger partial charge is 0.303 e. The number of nitrogens with zero attached hydrogens (tertiary/aromatic N) is 2. The molecule has 0 saturated heterocycles. The first kappa shape index (κ1) is 15.2. The molecule has 2 rings (SSSR count). The van der Waals surface area contributed by atoms with Gasteiger partial charge in [-0.3, -0.25) is 4.79 Å². The van der Waals surface area contributed by atoms with Crippen molar-refractivity contribution in [2.75, 3.05) is 11.9 Å². The third-order valence-electron chi connectivity index (χ3n) is 3.37. The second-order valence-electron chi connectivity index (χ2n) is 5.71. The van der Waals surface area contributed by atoms with E-state index in [4.69, 9.17) is 5.11 Å². The van der Waals surface area contributed by atoms with Crippen LogP contribution in [-0.2, 0) is 4.79 Å². The fraction of sp³-hybridized carbons (Fsp3) is 0.438. The number of hydrogen-bond acceptors (Lipinski definition) is 4. The molecule has 21 heavy (non-hydrogen) atoms. The normalized spacial score (nSPS) is 12.5. The van der Waals surface area contributed by atoms with Gasteiger partial charge in [0.1, 0.15) is 12.1 Å². The van der Waals surface area contributed by atoms with Crippen LogP contribution in [0.25, 0.3) is 10.9 Å². The SMILES string of the molecule is CC(C)CC(CNc1ncnc2ccccc12)CC(=O)O. The Morgan fingerprint density at radius 3 is 2.76 bits per heavy atom. The van der Waals surface area contributed by atoms with Crippen molar-refractivity contribution in [2.24, 2.45) is 11.8 Å². The van der Waals surface area contributed by atoms with Gasteiger partial charge in [0, 0.05) is 18.4 Å². The zero-order chi connectivity index (χ0) is 15.2. The summed E-state index contributed by atoms with van der Waals surface area (Å²) < 4.78 is 0. The largest absolute Gasteiger partial charge is 0.481 e. The number of benzene rings is 1. The van der Waals surface area contributed by atoms with Crippen LogP contribution in [0.4, 0.5) is 5.82 Å². The van der Waals surface area contributed by atoms with Crippen LogP contribution in [-0.4, -0.2) is 27.6 Å². The number of carbonyl (C=O) groups is 1. The van der Waals surface area contributed by atoms with Crippen LogP contribution in [0.2, 0.25) is 0 Å². The van der Waals surface area contributed by atoms with Crippen LogP contribution in [0, 0.1) is 11.8 Å². The van der Waals surface area contributed by atoms with Crippen LogP contribution in [0.5, 0.6) is 0 Å². The van der Waals surface area contributed by atoms with Crippen LogP contribution < -0.4 is 5.32 Å². The Balaban J connectivity index is 2.09. The molecule has 0 saturated carbocycles. The number of carboxylic acids is 1. The van der Waals surface area contributed by atoms with Gasteiger partial charge in [-0.1, -0.05) is 26.0 Å². The predicted molar refractivity (Wildman–Crippen MR) is 83.2 cm³/mol. The maximum atomic E-state index is 11.0. The second kappa shape index (κ2) is 7.02. The molecule has 1 unspecified atom stereocenters. The standard InChI is InChI=1S/C16H21N3O2/c1-11(2)7-12(8-15(20)21)9-17-16-13-5-3-4-6-14(13)18-10-19-16/h3-6,10-12H,7-9H2,1-2H3,(H,20,21)(H,17,18,19). The number of anilines is 1. The number of para-hydroxylation sites is 1.